The zero-order valence-electron chi connectivity index (χ0n) is 9.02. The molecular weight excluding hydrogens is 220 g/mol. The molecule has 0 saturated carbocycles. The molecule has 0 saturated heterocycles. The van der Waals surface area contributed by atoms with Crippen LogP contribution in [0.2, 0.25) is 5.02 Å². The summed E-state index contributed by atoms with van der Waals surface area (Å²) in [5.41, 5.74) is 2.71. The fraction of sp³-hybridized carbons (Fsp3) is 0.143. The van der Waals surface area contributed by atoms with Gasteiger partial charge in [-0.25, -0.2) is 0 Å². The van der Waals surface area contributed by atoms with Crippen LogP contribution in [0.4, 0.5) is 0 Å². The summed E-state index contributed by atoms with van der Waals surface area (Å²) in [5.74, 6) is 0. The van der Waals surface area contributed by atoms with Crippen LogP contribution in [0.5, 0.6) is 0 Å². The number of aliphatic hydroxyl groups excluding tert-OH is 1. The van der Waals surface area contributed by atoms with Gasteiger partial charge in [-0.1, -0.05) is 54.1 Å². The van der Waals surface area contributed by atoms with Gasteiger partial charge in [0.25, 0.3) is 0 Å². The summed E-state index contributed by atoms with van der Waals surface area (Å²) in [7, 11) is 0. The monoisotopic (exact) mass is 232 g/mol. The van der Waals surface area contributed by atoms with Gasteiger partial charge < -0.3 is 5.11 Å². The molecule has 16 heavy (non-hydrogen) atoms. The first kappa shape index (κ1) is 11.2. The third kappa shape index (κ3) is 2.11. The van der Waals surface area contributed by atoms with Crippen LogP contribution in [0.1, 0.15) is 22.8 Å². The normalized spacial score (nSPS) is 12.4. The van der Waals surface area contributed by atoms with Crippen molar-refractivity contribution in [2.24, 2.45) is 0 Å². The second-order valence-electron chi connectivity index (χ2n) is 3.78. The van der Waals surface area contributed by atoms with E-state index in [0.717, 1.165) is 16.7 Å². The Kier molecular flexibility index (Phi) is 3.28. The van der Waals surface area contributed by atoms with Gasteiger partial charge in [-0.2, -0.15) is 0 Å². The van der Waals surface area contributed by atoms with Gasteiger partial charge in [-0.15, -0.1) is 0 Å². The van der Waals surface area contributed by atoms with E-state index < -0.39 is 6.10 Å². The number of hydrogen-bond acceptors (Lipinski definition) is 1. The van der Waals surface area contributed by atoms with Crippen LogP contribution >= 0.6 is 11.6 Å². The Hall–Kier alpha value is -1.31. The molecule has 0 bridgehead atoms. The number of hydrogen-bond donors (Lipinski definition) is 1. The first-order valence-electron chi connectivity index (χ1n) is 5.18. The van der Waals surface area contributed by atoms with Gasteiger partial charge >= 0.3 is 0 Å². The third-order valence-electron chi connectivity index (χ3n) is 2.68. The minimum absolute atomic E-state index is 0.596. The van der Waals surface area contributed by atoms with E-state index >= 15 is 0 Å². The molecule has 1 N–H and O–H groups in total. The first-order chi connectivity index (χ1) is 7.70. The molecule has 82 valence electrons. The fourth-order valence-electron chi connectivity index (χ4n) is 1.76. The highest BCUT2D eigenvalue weighted by Crippen LogP contribution is 2.29. The molecule has 0 spiro atoms. The summed E-state index contributed by atoms with van der Waals surface area (Å²) in [4.78, 5) is 0. The molecule has 0 amide bonds. The molecule has 2 rings (SSSR count). The number of benzene rings is 2. The summed E-state index contributed by atoms with van der Waals surface area (Å²) in [6.45, 7) is 1.98. The van der Waals surface area contributed by atoms with Crippen molar-refractivity contribution in [3.05, 3.63) is 70.2 Å². The largest absolute Gasteiger partial charge is 0.384 e. The minimum Gasteiger partial charge on any atom is -0.384 e. The Morgan fingerprint density at radius 2 is 1.50 bits per heavy atom. The Balaban J connectivity index is 2.44. The zero-order chi connectivity index (χ0) is 11.5. The average molecular weight is 233 g/mol. The predicted molar refractivity (Wildman–Crippen MR) is 66.7 cm³/mol. The molecule has 0 aliphatic heterocycles. The highest BCUT2D eigenvalue weighted by molar-refractivity contribution is 6.31. The van der Waals surface area contributed by atoms with Crippen molar-refractivity contribution in [1.82, 2.24) is 0 Å². The van der Waals surface area contributed by atoms with Crippen molar-refractivity contribution < 1.29 is 5.11 Å². The number of halogens is 1. The topological polar surface area (TPSA) is 20.2 Å². The number of aryl methyl sites for hydroxylation is 1. The highest BCUT2D eigenvalue weighted by atomic mass is 35.5. The molecular formula is C14H13ClO. The molecule has 0 heterocycles. The van der Waals surface area contributed by atoms with E-state index in [9.17, 15) is 5.11 Å². The van der Waals surface area contributed by atoms with Crippen molar-refractivity contribution in [2.45, 2.75) is 13.0 Å². The van der Waals surface area contributed by atoms with Gasteiger partial charge in [0.1, 0.15) is 6.10 Å². The smallest absolute Gasteiger partial charge is 0.106 e. The fourth-order valence-corrected chi connectivity index (χ4v) is 2.00. The maximum atomic E-state index is 10.3. The second-order valence-corrected chi connectivity index (χ2v) is 4.19. The van der Waals surface area contributed by atoms with Gasteiger partial charge in [0.15, 0.2) is 0 Å². The van der Waals surface area contributed by atoms with E-state index in [0.29, 0.717) is 5.02 Å². The first-order valence-corrected chi connectivity index (χ1v) is 5.56. The van der Waals surface area contributed by atoms with Crippen molar-refractivity contribution >= 4 is 11.6 Å². The highest BCUT2D eigenvalue weighted by Gasteiger charge is 2.14. The second kappa shape index (κ2) is 4.69. The zero-order valence-corrected chi connectivity index (χ0v) is 9.78. The molecule has 2 aromatic rings. The summed E-state index contributed by atoms with van der Waals surface area (Å²) in [6, 6.07) is 15.1. The molecule has 2 heteroatoms. The quantitative estimate of drug-likeness (QED) is 0.837. The predicted octanol–water partition coefficient (Wildman–Crippen LogP) is 3.73. The Morgan fingerprint density at radius 1 is 0.938 bits per heavy atom. The lowest BCUT2D eigenvalue weighted by Gasteiger charge is -2.15. The molecule has 1 nitrogen and oxygen atoms in total. The van der Waals surface area contributed by atoms with Crippen molar-refractivity contribution in [2.75, 3.05) is 0 Å². The summed E-state index contributed by atoms with van der Waals surface area (Å²) in [5, 5.41) is 10.9. The third-order valence-corrected chi connectivity index (χ3v) is 3.03. The van der Waals surface area contributed by atoms with Crippen LogP contribution in [0, 0.1) is 6.92 Å². The molecule has 0 aliphatic rings. The van der Waals surface area contributed by atoms with Crippen LogP contribution in [0.3, 0.4) is 0 Å². The van der Waals surface area contributed by atoms with Crippen LogP contribution < -0.4 is 0 Å². The van der Waals surface area contributed by atoms with Gasteiger partial charge in [0.2, 0.25) is 0 Å². The lowest BCUT2D eigenvalue weighted by Crippen LogP contribution is -2.02. The van der Waals surface area contributed by atoms with E-state index in [2.05, 4.69) is 0 Å². The molecule has 0 aromatic heterocycles. The molecule has 0 aliphatic carbocycles. The van der Waals surface area contributed by atoms with Crippen LogP contribution in [-0.4, -0.2) is 5.11 Å². The van der Waals surface area contributed by atoms with Crippen LogP contribution in [0.15, 0.2) is 48.5 Å². The summed E-state index contributed by atoms with van der Waals surface area (Å²) < 4.78 is 0. The molecule has 1 atom stereocenters. The lowest BCUT2D eigenvalue weighted by atomic mass is 9.98. The SMILES string of the molecule is Cc1ccccc1[C@H](O)c1ccccc1Cl. The molecule has 2 aromatic carbocycles. The Labute approximate surface area is 100 Å². The average Bonchev–Trinajstić information content (AvgIpc) is 2.29. The van der Waals surface area contributed by atoms with Crippen molar-refractivity contribution in [1.29, 1.82) is 0 Å². The van der Waals surface area contributed by atoms with E-state index in [4.69, 9.17) is 11.6 Å². The number of aliphatic hydroxyl groups is 1. The molecule has 0 fully saturated rings. The number of rotatable bonds is 2. The van der Waals surface area contributed by atoms with Crippen molar-refractivity contribution in [3.63, 3.8) is 0 Å². The Morgan fingerprint density at radius 3 is 2.12 bits per heavy atom. The summed E-state index contributed by atoms with van der Waals surface area (Å²) in [6.07, 6.45) is -0.658. The van der Waals surface area contributed by atoms with Gasteiger partial charge in [-0.05, 0) is 24.1 Å². The van der Waals surface area contributed by atoms with Gasteiger partial charge in [0, 0.05) is 10.6 Å². The maximum absolute atomic E-state index is 10.3. The van der Waals surface area contributed by atoms with Crippen molar-refractivity contribution in [3.8, 4) is 0 Å². The standard InChI is InChI=1S/C14H13ClO/c1-10-6-2-3-7-11(10)14(16)12-8-4-5-9-13(12)15/h2-9,14,16H,1H3/t14-/m0/s1. The van der Waals surface area contributed by atoms with E-state index in [1.165, 1.54) is 0 Å². The van der Waals surface area contributed by atoms with E-state index in [1.807, 2.05) is 49.4 Å². The van der Waals surface area contributed by atoms with Crippen LogP contribution in [0.25, 0.3) is 0 Å². The van der Waals surface area contributed by atoms with E-state index in [-0.39, 0.29) is 0 Å². The minimum atomic E-state index is -0.658. The van der Waals surface area contributed by atoms with E-state index in [1.54, 1.807) is 6.07 Å². The summed E-state index contributed by atoms with van der Waals surface area (Å²) >= 11 is 6.06. The van der Waals surface area contributed by atoms with Gasteiger partial charge in [-0.3, -0.25) is 0 Å². The molecule has 0 unspecified atom stereocenters. The maximum Gasteiger partial charge on any atom is 0.106 e. The Bertz CT molecular complexity index is 448. The molecule has 0 radical (unpaired) electrons. The lowest BCUT2D eigenvalue weighted by molar-refractivity contribution is 0.219. The van der Waals surface area contributed by atoms with Gasteiger partial charge in [0.05, 0.1) is 0 Å². The van der Waals surface area contributed by atoms with Crippen LogP contribution in [-0.2, 0) is 0 Å².